The fourth-order valence-electron chi connectivity index (χ4n) is 1.78. The number of quaternary nitrogens is 1. The number of hydrogen-bond donors (Lipinski definition) is 0. The third kappa shape index (κ3) is 6.17. The first-order valence-electron chi connectivity index (χ1n) is 6.53. The quantitative estimate of drug-likeness (QED) is 0.468. The molecule has 0 aromatic heterocycles. The summed E-state index contributed by atoms with van der Waals surface area (Å²) in [4.78, 5) is 47.8. The van der Waals surface area contributed by atoms with Crippen LogP contribution in [0.2, 0.25) is 0 Å². The molecule has 0 heterocycles. The molecule has 0 aliphatic heterocycles. The minimum absolute atomic E-state index is 0.0107. The molecule has 129 valence electrons. The van der Waals surface area contributed by atoms with E-state index in [-0.39, 0.29) is 25.7 Å². The summed E-state index contributed by atoms with van der Waals surface area (Å²) in [5.74, 6) is -2.52. The first-order valence-corrected chi connectivity index (χ1v) is 9.37. The summed E-state index contributed by atoms with van der Waals surface area (Å²) < 4.78 is 33.2. The Morgan fingerprint density at radius 2 is 0.818 bits per heavy atom. The number of imide groups is 6. The third-order valence-electron chi connectivity index (χ3n) is 2.71. The summed E-state index contributed by atoms with van der Waals surface area (Å²) in [7, 11) is 0. The van der Waals surface area contributed by atoms with Crippen LogP contribution in [0.3, 0.4) is 0 Å². The van der Waals surface area contributed by atoms with Gasteiger partial charge in [-0.05, 0) is 0 Å². The van der Waals surface area contributed by atoms with E-state index in [1.54, 1.807) is 27.7 Å². The van der Waals surface area contributed by atoms with E-state index in [2.05, 4.69) is 0 Å². The van der Waals surface area contributed by atoms with Crippen LogP contribution >= 0.6 is 0 Å². The van der Waals surface area contributed by atoms with Crippen molar-refractivity contribution in [1.29, 1.82) is 0 Å². The maximum atomic E-state index is 11.9. The zero-order valence-electron chi connectivity index (χ0n) is 12.9. The molecule has 0 bridgehead atoms. The molecule has 0 rings (SSSR count). The molecule has 0 N–H and O–H groups in total. The van der Waals surface area contributed by atoms with E-state index < -0.39 is 43.1 Å². The van der Waals surface area contributed by atoms with Gasteiger partial charge in [0.05, 0.1) is 25.7 Å². The fraction of sp³-hybridized carbons (Fsp3) is 0.667. The number of amides is 4. The van der Waals surface area contributed by atoms with Gasteiger partial charge >= 0.3 is 53.3 Å². The molecule has 0 unspecified atom stereocenters. The molecular formula is C12H20NO8Ru. The molecule has 0 aromatic carbocycles. The zero-order chi connectivity index (χ0) is 18.1. The minimum atomic E-state index is -5.86. The van der Waals surface area contributed by atoms with Crippen LogP contribution in [-0.4, -0.2) is 28.1 Å². The van der Waals surface area contributed by atoms with Crippen molar-refractivity contribution in [2.75, 3.05) is 0 Å². The number of carbonyl (C=O) groups excluding carboxylic acids is 4. The van der Waals surface area contributed by atoms with Gasteiger partial charge in [0.1, 0.15) is 0 Å². The molecule has 9 nitrogen and oxygen atoms in total. The average molecular weight is 407 g/mol. The van der Waals surface area contributed by atoms with Crippen LogP contribution < -0.4 is 3.93 Å². The molecule has 0 saturated heterocycles. The van der Waals surface area contributed by atoms with Gasteiger partial charge in [-0.3, -0.25) is 0 Å². The van der Waals surface area contributed by atoms with E-state index >= 15 is 0 Å². The Hall–Kier alpha value is -1.38. The molecule has 0 spiro atoms. The van der Waals surface area contributed by atoms with Crippen molar-refractivity contribution >= 4 is 23.6 Å². The van der Waals surface area contributed by atoms with Crippen molar-refractivity contribution in [1.82, 2.24) is 0 Å². The van der Waals surface area contributed by atoms with Crippen LogP contribution in [0.15, 0.2) is 0 Å². The first kappa shape index (κ1) is 22.9. The Balaban J connectivity index is 0. The Kier molecular flexibility index (Phi) is 9.99. The number of rotatable bonds is 4. The summed E-state index contributed by atoms with van der Waals surface area (Å²) in [6.45, 7) is 6.18. The monoisotopic (exact) mass is 408 g/mol. The van der Waals surface area contributed by atoms with Crippen LogP contribution in [0.4, 0.5) is 0 Å². The van der Waals surface area contributed by atoms with Crippen molar-refractivity contribution in [3.05, 3.63) is 0 Å². The number of hydrogen-bond acceptors (Lipinski definition) is 8. The Bertz CT molecular complexity index is 516. The zero-order valence-corrected chi connectivity index (χ0v) is 14.6. The molecule has 0 atom stereocenters. The van der Waals surface area contributed by atoms with E-state index in [9.17, 15) is 19.2 Å². The molecule has 0 radical (unpaired) electrons. The van der Waals surface area contributed by atoms with Gasteiger partial charge in [-0.15, -0.1) is 0 Å². The average Bonchev–Trinajstić information content (AvgIpc) is 2.44. The van der Waals surface area contributed by atoms with Gasteiger partial charge in [-0.1, -0.05) is 32.2 Å². The standard InChI is InChI=1S/C12H20NO4.4O.Ru/c1-5-9(14)13(10(15)6-2,11(16)7-3)12(17)8-4;;;;;/h5-8H2,1-4H3;;;;;/q+1;;;;-1;. The van der Waals surface area contributed by atoms with Gasteiger partial charge in [0, 0.05) is 0 Å². The van der Waals surface area contributed by atoms with Crippen LogP contribution in [0, 0.1) is 0 Å². The molecule has 0 fully saturated rings. The molecule has 22 heavy (non-hydrogen) atoms. The predicted octanol–water partition coefficient (Wildman–Crippen LogP) is 0.00170. The van der Waals surface area contributed by atoms with E-state index in [4.69, 9.17) is 14.7 Å². The van der Waals surface area contributed by atoms with E-state index in [1.165, 1.54) is 0 Å². The Labute approximate surface area is 130 Å². The molecular weight excluding hydrogens is 387 g/mol. The fourth-order valence-corrected chi connectivity index (χ4v) is 1.78. The van der Waals surface area contributed by atoms with Gasteiger partial charge in [0.15, 0.2) is 0 Å². The second kappa shape index (κ2) is 9.60. The normalized spacial score (nSPS) is 11.1. The SMILES string of the molecule is CCC(=O)[N+](C(=O)CC)(C(=O)CC)C(=O)CC.[O]=[Ru](=[O])(=[O])[O-]. The maximum absolute atomic E-state index is 11.9. The first-order chi connectivity index (χ1) is 9.93. The number of nitrogens with zero attached hydrogens (tertiary/aromatic N) is 1. The topological polar surface area (TPSA) is 143 Å². The van der Waals surface area contributed by atoms with E-state index in [0.29, 0.717) is 0 Å². The van der Waals surface area contributed by atoms with Gasteiger partial charge in [-0.2, -0.15) is 0 Å². The van der Waals surface area contributed by atoms with Crippen molar-refractivity contribution in [2.45, 2.75) is 53.4 Å². The van der Waals surface area contributed by atoms with Gasteiger partial charge in [0.2, 0.25) is 0 Å². The third-order valence-corrected chi connectivity index (χ3v) is 2.71. The molecule has 10 heteroatoms. The molecule has 0 saturated carbocycles. The molecule has 0 aromatic rings. The summed E-state index contributed by atoms with van der Waals surface area (Å²) in [6.07, 6.45) is -0.0428. The second-order valence-corrected chi connectivity index (χ2v) is 5.75. The van der Waals surface area contributed by atoms with E-state index in [0.717, 1.165) is 0 Å². The van der Waals surface area contributed by atoms with Gasteiger partial charge in [-0.25, -0.2) is 19.2 Å². The van der Waals surface area contributed by atoms with Crippen LogP contribution in [-0.2, 0) is 44.9 Å². The van der Waals surface area contributed by atoms with Crippen molar-refractivity contribution in [2.24, 2.45) is 0 Å². The van der Waals surface area contributed by atoms with E-state index in [1.807, 2.05) is 0 Å². The Morgan fingerprint density at radius 3 is 0.909 bits per heavy atom. The summed E-state index contributed by atoms with van der Waals surface area (Å²) in [6, 6.07) is 0. The Morgan fingerprint density at radius 1 is 0.682 bits per heavy atom. The van der Waals surface area contributed by atoms with Gasteiger partial charge in [0.25, 0.3) is 0 Å². The molecule has 0 aliphatic carbocycles. The second-order valence-electron chi connectivity index (χ2n) is 4.01. The predicted molar refractivity (Wildman–Crippen MR) is 63.5 cm³/mol. The van der Waals surface area contributed by atoms with Crippen LogP contribution in [0.5, 0.6) is 0 Å². The van der Waals surface area contributed by atoms with Crippen molar-refractivity contribution in [3.8, 4) is 0 Å². The summed E-state index contributed by atoms with van der Waals surface area (Å²) >= 11 is -5.86. The summed E-state index contributed by atoms with van der Waals surface area (Å²) in [5, 5.41) is 0. The van der Waals surface area contributed by atoms with Gasteiger partial charge < -0.3 is 0 Å². The summed E-state index contributed by atoms with van der Waals surface area (Å²) in [5.41, 5.74) is 0. The van der Waals surface area contributed by atoms with Crippen LogP contribution in [0.25, 0.3) is 0 Å². The van der Waals surface area contributed by atoms with Crippen LogP contribution in [0.1, 0.15) is 53.4 Å². The van der Waals surface area contributed by atoms with Crippen molar-refractivity contribution in [3.63, 3.8) is 0 Å². The molecule has 0 aliphatic rings. The molecule has 4 amide bonds. The van der Waals surface area contributed by atoms with Crippen molar-refractivity contribution < 1.29 is 53.3 Å². The number of carbonyl (C=O) groups is 4.